The maximum absolute atomic E-state index is 13.6. The number of rotatable bonds is 57. The Labute approximate surface area is 476 Å². The van der Waals surface area contributed by atoms with Crippen molar-refractivity contribution in [1.29, 1.82) is 0 Å². The summed E-state index contributed by atoms with van der Waals surface area (Å²) in [7, 11) is 1.48. The third-order valence-corrected chi connectivity index (χ3v) is 14.8. The number of likely N-dealkylation sites (N-methyl/N-ethyl adjacent to an activating group) is 1. The van der Waals surface area contributed by atoms with E-state index in [1.807, 2.05) is 33.3 Å². The smallest absolute Gasteiger partial charge is 0.456 e. The Morgan fingerprint density at radius 3 is 1.27 bits per heavy atom. The van der Waals surface area contributed by atoms with Gasteiger partial charge in [0.25, 0.3) is 0 Å². The molecule has 10 heteroatoms. The van der Waals surface area contributed by atoms with E-state index < -0.39 is 20.0 Å². The third-order valence-electron chi connectivity index (χ3n) is 13.8. The molecule has 0 fully saturated rings. The van der Waals surface area contributed by atoms with Crippen LogP contribution >= 0.6 is 7.82 Å². The fraction of sp³-hybridized carbons (Fsp3) is 0.761. The molecule has 3 unspecified atom stereocenters. The van der Waals surface area contributed by atoms with Crippen molar-refractivity contribution in [3.05, 3.63) is 85.1 Å². The van der Waals surface area contributed by atoms with Crippen molar-refractivity contribution in [2.75, 3.05) is 40.9 Å². The fourth-order valence-electron chi connectivity index (χ4n) is 8.90. The number of carbonyl (C=O) groups excluding carboxylic acids is 2. The van der Waals surface area contributed by atoms with E-state index in [9.17, 15) is 19.0 Å². The zero-order valence-corrected chi connectivity index (χ0v) is 51.8. The number of ether oxygens (including phenoxy) is 1. The molecular formula is C67H122N2O7P+. The van der Waals surface area contributed by atoms with Crippen molar-refractivity contribution >= 4 is 19.7 Å². The molecule has 0 aromatic rings. The second-order valence-electron chi connectivity index (χ2n) is 22.5. The van der Waals surface area contributed by atoms with E-state index >= 15 is 0 Å². The standard InChI is InChI=1S/C67H121N2O7P/c1-7-10-13-16-19-22-25-28-30-31-32-33-34-35-36-37-38-39-40-41-44-47-50-53-56-59-66(70)68-64(63-75-77(72,73)74-62-61-69(4,5)6)65(58-55-52-49-46-43-27-24-21-18-15-12-9-3)76-67(71)60-57-54-51-48-45-42-29-26-23-20-17-14-11-8-2/h10,13,19,22,28,30,32-33,35-36,42,45,55,58,64-65H,7-9,11-12,14-18,20-21,23-27,29,31,34,37-41,43-44,46-54,56-57,59-63H2,1-6H3,(H-,68,70,72,73)/p+1/b13-10-,22-19-,30-28-,33-32-,36-35-,45-42-,58-55-. The second-order valence-corrected chi connectivity index (χ2v) is 24.0. The molecule has 0 aliphatic heterocycles. The van der Waals surface area contributed by atoms with E-state index in [-0.39, 0.29) is 31.5 Å². The molecule has 0 rings (SSSR count). The average Bonchev–Trinajstić information content (AvgIpc) is 3.39. The number of phosphoric ester groups is 1. The minimum atomic E-state index is -4.46. The van der Waals surface area contributed by atoms with Crippen molar-refractivity contribution in [2.24, 2.45) is 0 Å². The minimum absolute atomic E-state index is 0.0340. The van der Waals surface area contributed by atoms with Gasteiger partial charge in [-0.05, 0) is 102 Å². The Balaban J connectivity index is 5.17. The predicted molar refractivity (Wildman–Crippen MR) is 332 cm³/mol. The molecule has 2 N–H and O–H groups in total. The fourth-order valence-corrected chi connectivity index (χ4v) is 9.64. The first kappa shape index (κ1) is 74.2. The summed E-state index contributed by atoms with van der Waals surface area (Å²) in [5, 5.41) is 3.05. The molecule has 77 heavy (non-hydrogen) atoms. The van der Waals surface area contributed by atoms with Crippen LogP contribution < -0.4 is 5.32 Å². The topological polar surface area (TPSA) is 111 Å². The molecular weight excluding hydrogens is 976 g/mol. The predicted octanol–water partition coefficient (Wildman–Crippen LogP) is 19.8. The molecule has 0 aliphatic rings. The highest BCUT2D eigenvalue weighted by Crippen LogP contribution is 2.43. The van der Waals surface area contributed by atoms with Crippen LogP contribution in [0.25, 0.3) is 0 Å². The summed E-state index contributed by atoms with van der Waals surface area (Å²) in [5.41, 5.74) is 0. The van der Waals surface area contributed by atoms with Gasteiger partial charge in [0.1, 0.15) is 19.3 Å². The monoisotopic (exact) mass is 1100 g/mol. The molecule has 0 spiro atoms. The Hall–Kier alpha value is -2.81. The summed E-state index contributed by atoms with van der Waals surface area (Å²) in [6.07, 6.45) is 74.4. The largest absolute Gasteiger partial charge is 0.472 e. The SMILES string of the molecule is CC/C=C\C/C=C\C/C=C\C/C=C\C/C=C\CCCCCCCCCCCC(=O)NC(COP(=O)(O)OCC[N+](C)(C)C)C(/C=C\CCCCCCCCCCCC)OC(=O)CCCCC/C=C\CCCCCCCCC. The van der Waals surface area contributed by atoms with Gasteiger partial charge < -0.3 is 19.4 Å². The van der Waals surface area contributed by atoms with Gasteiger partial charge in [-0.2, -0.15) is 0 Å². The summed E-state index contributed by atoms with van der Waals surface area (Å²) >= 11 is 0. The zero-order valence-electron chi connectivity index (χ0n) is 50.9. The highest BCUT2D eigenvalue weighted by molar-refractivity contribution is 7.47. The first-order valence-corrected chi connectivity index (χ1v) is 33.4. The highest BCUT2D eigenvalue weighted by Gasteiger charge is 2.30. The molecule has 0 saturated heterocycles. The van der Waals surface area contributed by atoms with E-state index in [1.165, 1.54) is 128 Å². The molecule has 0 aromatic carbocycles. The number of phosphoric acid groups is 1. The number of hydrogen-bond acceptors (Lipinski definition) is 6. The summed E-state index contributed by atoms with van der Waals surface area (Å²) in [6.45, 7) is 6.88. The lowest BCUT2D eigenvalue weighted by atomic mass is 10.0. The summed E-state index contributed by atoms with van der Waals surface area (Å²) in [5.74, 6) is -0.530. The molecule has 446 valence electrons. The Kier molecular flexibility index (Phi) is 54.4. The van der Waals surface area contributed by atoms with Crippen LogP contribution in [0, 0.1) is 0 Å². The lowest BCUT2D eigenvalue weighted by Gasteiger charge is -2.27. The van der Waals surface area contributed by atoms with Crippen LogP contribution in [0.4, 0.5) is 0 Å². The number of nitrogens with zero attached hydrogens (tertiary/aromatic N) is 1. The van der Waals surface area contributed by atoms with Crippen molar-refractivity contribution in [3.63, 3.8) is 0 Å². The third kappa shape index (κ3) is 57.7. The average molecular weight is 1100 g/mol. The van der Waals surface area contributed by atoms with Crippen LogP contribution in [0.2, 0.25) is 0 Å². The second kappa shape index (κ2) is 56.5. The van der Waals surface area contributed by atoms with Crippen molar-refractivity contribution in [3.8, 4) is 0 Å². The maximum atomic E-state index is 13.6. The number of esters is 1. The number of allylic oxidation sites excluding steroid dienone is 13. The molecule has 0 bridgehead atoms. The van der Waals surface area contributed by atoms with E-state index in [1.54, 1.807) is 0 Å². The van der Waals surface area contributed by atoms with E-state index in [0.29, 0.717) is 23.9 Å². The Morgan fingerprint density at radius 2 is 0.831 bits per heavy atom. The van der Waals surface area contributed by atoms with Crippen LogP contribution in [0.5, 0.6) is 0 Å². The molecule has 0 saturated carbocycles. The van der Waals surface area contributed by atoms with Gasteiger partial charge in [-0.15, -0.1) is 0 Å². The van der Waals surface area contributed by atoms with E-state index in [2.05, 4.69) is 99.0 Å². The van der Waals surface area contributed by atoms with Crippen LogP contribution in [0.1, 0.15) is 278 Å². The van der Waals surface area contributed by atoms with Crippen LogP contribution in [0.3, 0.4) is 0 Å². The van der Waals surface area contributed by atoms with Crippen molar-refractivity contribution < 1.29 is 37.3 Å². The maximum Gasteiger partial charge on any atom is 0.472 e. The number of quaternary nitrogens is 1. The molecule has 0 heterocycles. The van der Waals surface area contributed by atoms with Crippen LogP contribution in [0.15, 0.2) is 85.1 Å². The summed E-state index contributed by atoms with van der Waals surface area (Å²) in [4.78, 5) is 37.7. The van der Waals surface area contributed by atoms with Gasteiger partial charge in [0.05, 0.1) is 33.8 Å². The first-order chi connectivity index (χ1) is 37.4. The van der Waals surface area contributed by atoms with Crippen molar-refractivity contribution in [2.45, 2.75) is 290 Å². The number of unbranched alkanes of at least 4 members (excludes halogenated alkanes) is 29. The number of hydrogen-bond donors (Lipinski definition) is 2. The molecule has 9 nitrogen and oxygen atoms in total. The lowest BCUT2D eigenvalue weighted by Crippen LogP contribution is -2.47. The molecule has 0 radical (unpaired) electrons. The number of nitrogens with one attached hydrogen (secondary N) is 1. The molecule has 3 atom stereocenters. The van der Waals surface area contributed by atoms with E-state index in [4.69, 9.17) is 13.8 Å². The normalized spacial score (nSPS) is 14.2. The van der Waals surface area contributed by atoms with E-state index in [0.717, 1.165) is 109 Å². The van der Waals surface area contributed by atoms with Gasteiger partial charge in [0.2, 0.25) is 5.91 Å². The number of carbonyl (C=O) groups is 2. The van der Waals surface area contributed by atoms with Crippen molar-refractivity contribution in [1.82, 2.24) is 5.32 Å². The molecule has 0 aromatic heterocycles. The minimum Gasteiger partial charge on any atom is -0.456 e. The van der Waals surface area contributed by atoms with Crippen LogP contribution in [-0.2, 0) is 27.9 Å². The zero-order chi connectivity index (χ0) is 56.4. The summed E-state index contributed by atoms with van der Waals surface area (Å²) in [6, 6.07) is -0.861. The summed E-state index contributed by atoms with van der Waals surface area (Å²) < 4.78 is 30.7. The first-order valence-electron chi connectivity index (χ1n) is 31.9. The van der Waals surface area contributed by atoms with Gasteiger partial charge in [0.15, 0.2) is 0 Å². The lowest BCUT2D eigenvalue weighted by molar-refractivity contribution is -0.870. The van der Waals surface area contributed by atoms with Gasteiger partial charge >= 0.3 is 13.8 Å². The highest BCUT2D eigenvalue weighted by atomic mass is 31.2. The molecule has 1 amide bonds. The Morgan fingerprint density at radius 1 is 0.468 bits per heavy atom. The Bertz CT molecular complexity index is 1590. The number of amides is 1. The van der Waals surface area contributed by atoms with Crippen LogP contribution in [-0.4, -0.2) is 74.3 Å². The molecule has 0 aliphatic carbocycles. The quantitative estimate of drug-likeness (QED) is 0.0205. The van der Waals surface area contributed by atoms with Gasteiger partial charge in [-0.25, -0.2) is 4.57 Å². The van der Waals surface area contributed by atoms with Gasteiger partial charge in [-0.3, -0.25) is 18.6 Å². The van der Waals surface area contributed by atoms with Gasteiger partial charge in [-0.1, -0.05) is 247 Å². The van der Waals surface area contributed by atoms with Gasteiger partial charge in [0, 0.05) is 12.8 Å².